The standard InChI is InChI=1S/C3H7NO2S2.K/c4-3(7)8-1-2(5)6;/h2,5-6H,1H2,(H2,4,7);. The Bertz CT molecular complexity index is 89.9. The molecule has 0 fully saturated rings. The molecule has 4 N–H and O–H groups in total. The van der Waals surface area contributed by atoms with Gasteiger partial charge in [0.15, 0.2) is 6.29 Å². The number of thiocarbonyl (C=S) groups is 1. The molecule has 0 atom stereocenters. The number of rotatable bonds is 2. The maximum absolute atomic E-state index is 8.22. The van der Waals surface area contributed by atoms with Gasteiger partial charge in [0.05, 0.1) is 5.75 Å². The number of aliphatic hydroxyl groups is 2. The van der Waals surface area contributed by atoms with E-state index >= 15 is 0 Å². The molecule has 6 heteroatoms. The normalized spacial score (nSPS) is 8.78. The van der Waals surface area contributed by atoms with E-state index in [0.29, 0.717) is 0 Å². The first-order valence-electron chi connectivity index (χ1n) is 1.91. The van der Waals surface area contributed by atoms with Crippen molar-refractivity contribution in [3.8, 4) is 0 Å². The van der Waals surface area contributed by atoms with E-state index in [1.807, 2.05) is 0 Å². The van der Waals surface area contributed by atoms with Crippen molar-refractivity contribution in [2.75, 3.05) is 5.75 Å². The van der Waals surface area contributed by atoms with Gasteiger partial charge in [0.2, 0.25) is 0 Å². The Hall–Kier alpha value is 1.80. The third-order valence-corrected chi connectivity index (χ3v) is 1.48. The molecule has 1 radical (unpaired) electrons. The molecule has 3 nitrogen and oxygen atoms in total. The van der Waals surface area contributed by atoms with Crippen molar-refractivity contribution in [2.45, 2.75) is 6.29 Å². The molecule has 0 aliphatic rings. The van der Waals surface area contributed by atoms with Crippen LogP contribution in [0.5, 0.6) is 0 Å². The fraction of sp³-hybridized carbons (Fsp3) is 0.667. The van der Waals surface area contributed by atoms with Gasteiger partial charge >= 0.3 is 0 Å². The first-order valence-corrected chi connectivity index (χ1v) is 3.30. The third-order valence-electron chi connectivity index (χ3n) is 0.375. The largest absolute Gasteiger partial charge is 0.385 e. The van der Waals surface area contributed by atoms with E-state index in [4.69, 9.17) is 15.9 Å². The fourth-order valence-electron chi connectivity index (χ4n) is 0.157. The number of thioether (sulfide) groups is 1. The van der Waals surface area contributed by atoms with Crippen molar-refractivity contribution < 1.29 is 10.2 Å². The second kappa shape index (κ2) is 7.90. The van der Waals surface area contributed by atoms with E-state index in [-0.39, 0.29) is 61.5 Å². The number of hydrogen-bond acceptors (Lipinski definition) is 4. The van der Waals surface area contributed by atoms with Crippen LogP contribution in [0.1, 0.15) is 0 Å². The van der Waals surface area contributed by atoms with E-state index in [0.717, 1.165) is 11.8 Å². The molecule has 0 aliphatic heterocycles. The van der Waals surface area contributed by atoms with E-state index in [2.05, 4.69) is 12.2 Å². The minimum atomic E-state index is -1.32. The average molecular weight is 192 g/mol. The van der Waals surface area contributed by atoms with Gasteiger partial charge in [0.1, 0.15) is 4.32 Å². The zero-order chi connectivity index (χ0) is 6.57. The van der Waals surface area contributed by atoms with Crippen LogP contribution in [0.4, 0.5) is 0 Å². The van der Waals surface area contributed by atoms with Crippen molar-refractivity contribution in [1.82, 2.24) is 0 Å². The number of hydrogen-bond donors (Lipinski definition) is 3. The topological polar surface area (TPSA) is 66.5 Å². The molecule has 0 amide bonds. The van der Waals surface area contributed by atoms with E-state index in [1.165, 1.54) is 0 Å². The molecular formula is C3H7KNO2S2. The van der Waals surface area contributed by atoms with Crippen molar-refractivity contribution in [3.63, 3.8) is 0 Å². The maximum Gasteiger partial charge on any atom is 0.161 e. The predicted octanol–water partition coefficient (Wildman–Crippen LogP) is -1.11. The van der Waals surface area contributed by atoms with Gasteiger partial charge in [0, 0.05) is 51.4 Å². The first-order chi connectivity index (χ1) is 3.63. The van der Waals surface area contributed by atoms with Crippen LogP contribution in [0, 0.1) is 0 Å². The second-order valence-corrected chi connectivity index (χ2v) is 2.87. The summed E-state index contributed by atoms with van der Waals surface area (Å²) in [5, 5.41) is 16.4. The van der Waals surface area contributed by atoms with Gasteiger partial charge < -0.3 is 15.9 Å². The van der Waals surface area contributed by atoms with Crippen LogP contribution >= 0.6 is 24.0 Å². The number of aliphatic hydroxyl groups excluding tert-OH is 1. The van der Waals surface area contributed by atoms with E-state index < -0.39 is 6.29 Å². The summed E-state index contributed by atoms with van der Waals surface area (Å²) in [4.78, 5) is 0. The summed E-state index contributed by atoms with van der Waals surface area (Å²) in [6.45, 7) is 0. The molecule has 0 saturated carbocycles. The Morgan fingerprint density at radius 2 is 2.11 bits per heavy atom. The van der Waals surface area contributed by atoms with Crippen LogP contribution < -0.4 is 5.73 Å². The van der Waals surface area contributed by atoms with Crippen molar-refractivity contribution in [2.24, 2.45) is 5.73 Å². The quantitative estimate of drug-likeness (QED) is 0.294. The van der Waals surface area contributed by atoms with E-state index in [9.17, 15) is 0 Å². The molecule has 49 valence electrons. The summed E-state index contributed by atoms with van der Waals surface area (Å²) >= 11 is 5.48. The molecule has 0 aromatic rings. The zero-order valence-electron chi connectivity index (χ0n) is 5.07. The van der Waals surface area contributed by atoms with Crippen molar-refractivity contribution in [3.05, 3.63) is 0 Å². The minimum Gasteiger partial charge on any atom is -0.385 e. The summed E-state index contributed by atoms with van der Waals surface area (Å²) in [5.41, 5.74) is 5.01. The van der Waals surface area contributed by atoms with Gasteiger partial charge in [-0.15, -0.1) is 0 Å². The first kappa shape index (κ1) is 13.4. The van der Waals surface area contributed by atoms with Crippen LogP contribution in [0.3, 0.4) is 0 Å². The Balaban J connectivity index is 0. The summed E-state index contributed by atoms with van der Waals surface area (Å²) in [6, 6.07) is 0. The molecule has 0 spiro atoms. The van der Waals surface area contributed by atoms with Crippen LogP contribution in [0.2, 0.25) is 0 Å². The molecule has 0 bridgehead atoms. The van der Waals surface area contributed by atoms with Crippen LogP contribution in [-0.4, -0.2) is 78.0 Å². The van der Waals surface area contributed by atoms with Crippen molar-refractivity contribution in [1.29, 1.82) is 0 Å². The molecule has 0 aromatic carbocycles. The van der Waals surface area contributed by atoms with Crippen LogP contribution in [-0.2, 0) is 0 Å². The fourth-order valence-corrected chi connectivity index (χ4v) is 0.674. The predicted molar refractivity (Wildman–Crippen MR) is 43.2 cm³/mol. The summed E-state index contributed by atoms with van der Waals surface area (Å²) < 4.78 is 0.234. The molecule has 0 saturated heterocycles. The number of nitrogens with two attached hydrogens (primary N) is 1. The molecule has 0 heterocycles. The second-order valence-electron chi connectivity index (χ2n) is 1.11. The zero-order valence-corrected chi connectivity index (χ0v) is 9.83. The van der Waals surface area contributed by atoms with Gasteiger partial charge in [-0.05, 0) is 0 Å². The molecular weight excluding hydrogens is 185 g/mol. The molecule has 0 unspecified atom stereocenters. The third kappa shape index (κ3) is 12.9. The monoisotopic (exact) mass is 192 g/mol. The van der Waals surface area contributed by atoms with Crippen LogP contribution in [0.25, 0.3) is 0 Å². The maximum atomic E-state index is 8.22. The Morgan fingerprint density at radius 3 is 2.22 bits per heavy atom. The molecule has 0 aromatic heterocycles. The van der Waals surface area contributed by atoms with Crippen molar-refractivity contribution >= 4 is 79.7 Å². The van der Waals surface area contributed by atoms with Gasteiger partial charge in [-0.2, -0.15) is 0 Å². The SMILES string of the molecule is NC(=S)SCC(O)O.[K]. The van der Waals surface area contributed by atoms with Gasteiger partial charge in [-0.1, -0.05) is 24.0 Å². The summed E-state index contributed by atoms with van der Waals surface area (Å²) in [7, 11) is 0. The van der Waals surface area contributed by atoms with Gasteiger partial charge in [0.25, 0.3) is 0 Å². The Labute approximate surface area is 106 Å². The Morgan fingerprint density at radius 1 is 1.67 bits per heavy atom. The smallest absolute Gasteiger partial charge is 0.161 e. The summed E-state index contributed by atoms with van der Waals surface area (Å²) in [5.74, 6) is 0.148. The molecule has 9 heavy (non-hydrogen) atoms. The van der Waals surface area contributed by atoms with Crippen LogP contribution in [0.15, 0.2) is 0 Å². The molecule has 0 aliphatic carbocycles. The average Bonchev–Trinajstić information content (AvgIpc) is 1.61. The molecule has 0 rings (SSSR count). The van der Waals surface area contributed by atoms with E-state index in [1.54, 1.807) is 0 Å². The Kier molecular flexibility index (Phi) is 11.8. The van der Waals surface area contributed by atoms with Gasteiger partial charge in [-0.3, -0.25) is 0 Å². The minimum absolute atomic E-state index is 0. The summed E-state index contributed by atoms with van der Waals surface area (Å²) in [6.07, 6.45) is -1.32. The van der Waals surface area contributed by atoms with Gasteiger partial charge in [-0.25, -0.2) is 0 Å².